The molecule has 0 aliphatic heterocycles. The van der Waals surface area contributed by atoms with E-state index in [2.05, 4.69) is 32.8 Å². The first kappa shape index (κ1) is 44.7. The number of carbonyl (C=O) groups is 4. The molecule has 3 amide bonds. The Kier molecular flexibility index (Phi) is 14.7. The van der Waals surface area contributed by atoms with Crippen molar-refractivity contribution in [2.75, 3.05) is 49.5 Å². The van der Waals surface area contributed by atoms with Crippen LogP contribution in [0.15, 0.2) is 77.8 Å². The summed E-state index contributed by atoms with van der Waals surface area (Å²) in [6, 6.07) is 15.4. The number of imidazole rings is 1. The molecule has 5 N–H and O–H groups in total. The lowest BCUT2D eigenvalue weighted by atomic mass is 10.1. The van der Waals surface area contributed by atoms with Crippen LogP contribution in [0.5, 0.6) is 11.5 Å². The van der Waals surface area contributed by atoms with Crippen molar-refractivity contribution < 1.29 is 33.4 Å². The first-order valence-corrected chi connectivity index (χ1v) is 19.5. The highest BCUT2D eigenvalue weighted by molar-refractivity contribution is 5.99. The molecule has 320 valence electrons. The van der Waals surface area contributed by atoms with Crippen molar-refractivity contribution in [3.63, 3.8) is 0 Å². The monoisotopic (exact) mass is 832 g/mol. The van der Waals surface area contributed by atoms with Crippen LogP contribution in [0.4, 0.5) is 27.8 Å². The quantitative estimate of drug-likeness (QED) is 0.0296. The van der Waals surface area contributed by atoms with Crippen molar-refractivity contribution in [3.05, 3.63) is 101 Å². The SMILES string of the molecule is C=Nc1cc(C=O)cc(OC)c1N(C/C=C/Cn1c(NC)nc2cc(C(N)=O)cc(OC/C=C/c3cccc(NC(=O)OC(C)(C)C)c3)c21)CNC(=O)c1cc(C)nn1CC. The molecule has 0 aliphatic rings. The number of nitrogens with two attached hydrogens (primary N) is 1. The maximum absolute atomic E-state index is 13.4. The number of allylic oxidation sites excluding steroid dienone is 1. The van der Waals surface area contributed by atoms with Crippen molar-refractivity contribution in [1.29, 1.82) is 0 Å². The Labute approximate surface area is 354 Å². The van der Waals surface area contributed by atoms with Crippen LogP contribution < -0.4 is 36.1 Å². The number of hydrogen-bond donors (Lipinski definition) is 4. The second-order valence-electron chi connectivity index (χ2n) is 14.7. The van der Waals surface area contributed by atoms with E-state index >= 15 is 0 Å². The molecule has 17 nitrogen and oxygen atoms in total. The predicted octanol–water partition coefficient (Wildman–Crippen LogP) is 6.74. The van der Waals surface area contributed by atoms with E-state index in [4.69, 9.17) is 24.9 Å². The Morgan fingerprint density at radius 3 is 2.49 bits per heavy atom. The second kappa shape index (κ2) is 20.0. The number of methoxy groups -OCH3 is 1. The summed E-state index contributed by atoms with van der Waals surface area (Å²) in [7, 11) is 3.23. The maximum atomic E-state index is 13.4. The molecular formula is C44H52N10O7. The molecule has 0 fully saturated rings. The lowest BCUT2D eigenvalue weighted by Crippen LogP contribution is -2.39. The molecule has 0 saturated heterocycles. The summed E-state index contributed by atoms with van der Waals surface area (Å²) in [6.07, 6.45) is 7.62. The predicted molar refractivity (Wildman–Crippen MR) is 238 cm³/mol. The molecule has 0 spiro atoms. The standard InChI is InChI=1S/C44H52N10O7/c1-9-54-35(20-28(2)51-54)41(57)48-27-52(38-33(46-6)22-30(26-55)23-36(38)59-8)17-10-11-18-53-39-34(50-42(53)47-7)24-31(40(45)56)25-37(39)60-19-13-15-29-14-12-16-32(21-29)49-43(58)61-44(3,4)5/h10-16,20-26H,6,9,17-19,27H2,1-5,7-8H3,(H2,45,56)(H,47,50)(H,48,57)(H,49,58)/b11-10+,15-13+. The molecule has 5 rings (SSSR count). The number of anilines is 3. The molecule has 0 aliphatic carbocycles. The van der Waals surface area contributed by atoms with E-state index in [1.807, 2.05) is 59.8 Å². The van der Waals surface area contributed by atoms with Gasteiger partial charge in [-0.05, 0) is 95.4 Å². The number of nitrogens with one attached hydrogen (secondary N) is 3. The number of aryl methyl sites for hydroxylation is 2. The zero-order valence-corrected chi connectivity index (χ0v) is 35.4. The van der Waals surface area contributed by atoms with Crippen LogP contribution in [-0.4, -0.2) is 89.8 Å². The van der Waals surface area contributed by atoms with E-state index in [0.717, 1.165) is 11.3 Å². The van der Waals surface area contributed by atoms with Gasteiger partial charge in [-0.25, -0.2) is 9.78 Å². The summed E-state index contributed by atoms with van der Waals surface area (Å²) in [5, 5.41) is 13.2. The van der Waals surface area contributed by atoms with Crippen LogP contribution >= 0.6 is 0 Å². The van der Waals surface area contributed by atoms with Gasteiger partial charge in [-0.15, -0.1) is 0 Å². The molecule has 61 heavy (non-hydrogen) atoms. The van der Waals surface area contributed by atoms with E-state index in [1.165, 1.54) is 7.11 Å². The van der Waals surface area contributed by atoms with Crippen molar-refractivity contribution >= 4 is 71.0 Å². The van der Waals surface area contributed by atoms with Crippen molar-refractivity contribution in [1.82, 2.24) is 24.6 Å². The number of fused-ring (bicyclic) bond motifs is 1. The van der Waals surface area contributed by atoms with E-state index < -0.39 is 17.6 Å². The molecule has 0 radical (unpaired) electrons. The van der Waals surface area contributed by atoms with E-state index in [-0.39, 0.29) is 31.3 Å². The summed E-state index contributed by atoms with van der Waals surface area (Å²) in [5.41, 5.74) is 10.2. The minimum Gasteiger partial charge on any atom is -0.494 e. The summed E-state index contributed by atoms with van der Waals surface area (Å²) in [5.74, 6) is 0.299. The lowest BCUT2D eigenvalue weighted by molar-refractivity contribution is 0.0635. The molecule has 17 heteroatoms. The van der Waals surface area contributed by atoms with Crippen molar-refractivity contribution in [2.24, 2.45) is 10.7 Å². The van der Waals surface area contributed by atoms with Crippen molar-refractivity contribution in [3.8, 4) is 11.5 Å². The van der Waals surface area contributed by atoms with Gasteiger partial charge in [-0.3, -0.25) is 29.4 Å². The molecule has 0 bridgehead atoms. The molecule has 2 heterocycles. The van der Waals surface area contributed by atoms with Gasteiger partial charge >= 0.3 is 6.09 Å². The number of benzene rings is 3. The van der Waals surface area contributed by atoms with Crippen LogP contribution in [0.3, 0.4) is 0 Å². The van der Waals surface area contributed by atoms with Gasteiger partial charge in [0.1, 0.15) is 46.9 Å². The van der Waals surface area contributed by atoms with E-state index in [0.29, 0.717) is 76.2 Å². The first-order chi connectivity index (χ1) is 29.2. The van der Waals surface area contributed by atoms with Crippen LogP contribution in [-0.2, 0) is 17.8 Å². The highest BCUT2D eigenvalue weighted by atomic mass is 16.6. The largest absolute Gasteiger partial charge is 0.494 e. The van der Waals surface area contributed by atoms with E-state index in [1.54, 1.807) is 75.0 Å². The fourth-order valence-electron chi connectivity index (χ4n) is 6.43. The van der Waals surface area contributed by atoms with Gasteiger partial charge in [0.05, 0.1) is 30.7 Å². The van der Waals surface area contributed by atoms with Gasteiger partial charge in [-0.1, -0.05) is 30.4 Å². The number of aliphatic imine (C=N–C) groups is 1. The van der Waals surface area contributed by atoms with Gasteiger partial charge in [0, 0.05) is 43.5 Å². The Morgan fingerprint density at radius 2 is 1.82 bits per heavy atom. The molecule has 0 unspecified atom stereocenters. The molecule has 0 saturated carbocycles. The highest BCUT2D eigenvalue weighted by Crippen LogP contribution is 2.39. The lowest BCUT2D eigenvalue weighted by Gasteiger charge is -2.27. The maximum Gasteiger partial charge on any atom is 0.412 e. The van der Waals surface area contributed by atoms with Crippen LogP contribution in [0, 0.1) is 6.92 Å². The Bertz CT molecular complexity index is 2480. The van der Waals surface area contributed by atoms with Gasteiger partial charge < -0.3 is 40.0 Å². The average Bonchev–Trinajstić information content (AvgIpc) is 3.80. The minimum atomic E-state index is -0.636. The van der Waals surface area contributed by atoms with Crippen LogP contribution in [0.2, 0.25) is 0 Å². The number of nitrogens with zero attached hydrogens (tertiary/aromatic N) is 6. The van der Waals surface area contributed by atoms with Gasteiger partial charge in [0.25, 0.3) is 5.91 Å². The van der Waals surface area contributed by atoms with Gasteiger partial charge in [-0.2, -0.15) is 5.10 Å². The van der Waals surface area contributed by atoms with Crippen LogP contribution in [0.25, 0.3) is 17.1 Å². The topological polar surface area (TPSA) is 209 Å². The molecule has 5 aromatic rings. The Hall–Kier alpha value is -7.43. The number of aromatic nitrogens is 4. The Morgan fingerprint density at radius 1 is 1.03 bits per heavy atom. The fourth-order valence-corrected chi connectivity index (χ4v) is 6.43. The zero-order chi connectivity index (χ0) is 44.3. The van der Waals surface area contributed by atoms with Gasteiger partial charge in [0.2, 0.25) is 11.9 Å². The number of rotatable bonds is 19. The van der Waals surface area contributed by atoms with E-state index in [9.17, 15) is 19.2 Å². The Balaban J connectivity index is 1.40. The third-order valence-corrected chi connectivity index (χ3v) is 9.06. The van der Waals surface area contributed by atoms with Crippen LogP contribution in [0.1, 0.15) is 70.2 Å². The molecular weight excluding hydrogens is 781 g/mol. The average molecular weight is 833 g/mol. The number of carbonyl (C=O) groups excluding carboxylic acids is 4. The summed E-state index contributed by atoms with van der Waals surface area (Å²) >= 11 is 0. The first-order valence-electron chi connectivity index (χ1n) is 19.5. The third-order valence-electron chi connectivity index (χ3n) is 9.06. The molecule has 3 aromatic carbocycles. The minimum absolute atomic E-state index is 0.0398. The number of ether oxygens (including phenoxy) is 3. The molecule has 2 aromatic heterocycles. The summed E-state index contributed by atoms with van der Waals surface area (Å²) in [4.78, 5) is 60.5. The normalized spacial score (nSPS) is 11.5. The molecule has 0 atom stereocenters. The number of hydrogen-bond acceptors (Lipinski definition) is 12. The number of aldehydes is 1. The van der Waals surface area contributed by atoms with Gasteiger partial charge in [0.15, 0.2) is 0 Å². The fraction of sp³-hybridized carbons (Fsp3) is 0.295. The summed E-state index contributed by atoms with van der Waals surface area (Å²) < 4.78 is 20.8. The number of primary amides is 1. The van der Waals surface area contributed by atoms with Crippen molar-refractivity contribution in [2.45, 2.75) is 53.3 Å². The number of amides is 3. The highest BCUT2D eigenvalue weighted by Gasteiger charge is 2.22. The third kappa shape index (κ3) is 11.4. The zero-order valence-electron chi connectivity index (χ0n) is 35.4. The second-order valence-corrected chi connectivity index (χ2v) is 14.7. The summed E-state index contributed by atoms with van der Waals surface area (Å²) in [6.45, 7) is 14.1. The smallest absolute Gasteiger partial charge is 0.412 e.